The van der Waals surface area contributed by atoms with E-state index in [-0.39, 0.29) is 11.8 Å². The molecule has 1 saturated carbocycles. The van der Waals surface area contributed by atoms with Gasteiger partial charge >= 0.3 is 0 Å². The molecule has 0 N–H and O–H groups in total. The normalized spacial score (nSPS) is 32.7. The van der Waals surface area contributed by atoms with Crippen molar-refractivity contribution in [2.45, 2.75) is 32.6 Å². The molecule has 1 aliphatic heterocycles. The lowest BCUT2D eigenvalue weighted by molar-refractivity contribution is -0.126. The Bertz CT molecular complexity index is 473. The van der Waals surface area contributed by atoms with Crippen LogP contribution >= 0.6 is 11.6 Å². The lowest BCUT2D eigenvalue weighted by atomic mass is 9.68. The number of carbonyl (C=O) groups is 1. The number of carbonyl (C=O) groups excluding carboxylic acids is 1. The zero-order valence-electron chi connectivity index (χ0n) is 10.0. The summed E-state index contributed by atoms with van der Waals surface area (Å²) in [5.74, 6) is 0.672. The van der Waals surface area contributed by atoms with Gasteiger partial charge < -0.3 is 0 Å². The molecule has 3 heteroatoms. The molecule has 17 heavy (non-hydrogen) atoms. The average Bonchev–Trinajstić information content (AvgIpc) is 2.48. The standard InChI is InChI=1S/C14H16ClNO/c1-8-5-9-6-16-7-12(15)10-3-2-4-11(13(9)10)14(8)17/h7-8,11H,2-6H2,1H3. The summed E-state index contributed by atoms with van der Waals surface area (Å²) in [5, 5.41) is 0.752. The summed E-state index contributed by atoms with van der Waals surface area (Å²) in [6.45, 7) is 2.77. The van der Waals surface area contributed by atoms with Crippen molar-refractivity contribution in [3.63, 3.8) is 0 Å². The van der Waals surface area contributed by atoms with Crippen LogP contribution < -0.4 is 0 Å². The maximum Gasteiger partial charge on any atom is 0.143 e. The number of aliphatic imine (C=N–C) groups is 1. The van der Waals surface area contributed by atoms with Gasteiger partial charge in [-0.25, -0.2) is 0 Å². The zero-order chi connectivity index (χ0) is 12.0. The van der Waals surface area contributed by atoms with Gasteiger partial charge in [-0.15, -0.1) is 0 Å². The fraction of sp³-hybridized carbons (Fsp3) is 0.571. The second-order valence-corrected chi connectivity index (χ2v) is 5.67. The van der Waals surface area contributed by atoms with Crippen molar-refractivity contribution >= 4 is 23.6 Å². The smallest absolute Gasteiger partial charge is 0.143 e. The van der Waals surface area contributed by atoms with Crippen LogP contribution in [0.3, 0.4) is 0 Å². The number of rotatable bonds is 0. The summed E-state index contributed by atoms with van der Waals surface area (Å²) in [6.07, 6.45) is 5.71. The molecule has 2 nitrogen and oxygen atoms in total. The molecule has 0 spiro atoms. The van der Waals surface area contributed by atoms with Gasteiger partial charge in [-0.05, 0) is 42.4 Å². The lowest BCUT2D eigenvalue weighted by Crippen LogP contribution is -2.32. The maximum absolute atomic E-state index is 12.3. The van der Waals surface area contributed by atoms with Crippen molar-refractivity contribution in [1.29, 1.82) is 0 Å². The van der Waals surface area contributed by atoms with E-state index in [1.807, 2.05) is 6.92 Å². The van der Waals surface area contributed by atoms with Crippen molar-refractivity contribution < 1.29 is 4.79 Å². The number of ketones is 1. The molecule has 0 radical (unpaired) electrons. The van der Waals surface area contributed by atoms with E-state index in [0.717, 1.165) is 37.3 Å². The second kappa shape index (κ2) is 4.09. The number of Topliss-reactive ketones (excluding diaryl/α,β-unsaturated/α-hetero) is 1. The summed E-state index contributed by atoms with van der Waals surface area (Å²) >= 11 is 6.28. The topological polar surface area (TPSA) is 29.4 Å². The Morgan fingerprint density at radius 3 is 3.12 bits per heavy atom. The first kappa shape index (κ1) is 11.2. The maximum atomic E-state index is 12.3. The molecular weight excluding hydrogens is 234 g/mol. The summed E-state index contributed by atoms with van der Waals surface area (Å²) in [5.41, 5.74) is 3.80. The largest absolute Gasteiger partial charge is 0.299 e. The van der Waals surface area contributed by atoms with Gasteiger partial charge in [-0.2, -0.15) is 0 Å². The van der Waals surface area contributed by atoms with Gasteiger partial charge in [-0.3, -0.25) is 9.79 Å². The SMILES string of the molecule is CC1CC2=C3C(=C(Cl)C=NC2)CCCC3C1=O. The van der Waals surface area contributed by atoms with Crippen LogP contribution in [-0.4, -0.2) is 18.5 Å². The Balaban J connectivity index is 2.16. The van der Waals surface area contributed by atoms with Crippen LogP contribution in [0.4, 0.5) is 0 Å². The fourth-order valence-electron chi connectivity index (χ4n) is 3.35. The fourth-order valence-corrected chi connectivity index (χ4v) is 3.62. The predicted octanol–water partition coefficient (Wildman–Crippen LogP) is 3.27. The monoisotopic (exact) mass is 249 g/mol. The molecule has 1 heterocycles. The summed E-state index contributed by atoms with van der Waals surface area (Å²) in [7, 11) is 0. The molecule has 2 atom stereocenters. The molecule has 1 fully saturated rings. The highest BCUT2D eigenvalue weighted by molar-refractivity contribution is 6.40. The highest BCUT2D eigenvalue weighted by Gasteiger charge is 2.38. The van der Waals surface area contributed by atoms with Gasteiger partial charge in [0.25, 0.3) is 0 Å². The van der Waals surface area contributed by atoms with E-state index in [1.165, 1.54) is 16.7 Å². The van der Waals surface area contributed by atoms with Crippen LogP contribution in [0.15, 0.2) is 26.7 Å². The summed E-state index contributed by atoms with van der Waals surface area (Å²) < 4.78 is 0. The molecule has 0 bridgehead atoms. The molecular formula is C14H16ClNO. The van der Waals surface area contributed by atoms with E-state index < -0.39 is 0 Å². The van der Waals surface area contributed by atoms with Crippen LogP contribution in [0.25, 0.3) is 0 Å². The first-order chi connectivity index (χ1) is 8.18. The first-order valence-electron chi connectivity index (χ1n) is 6.33. The minimum atomic E-state index is 0.105. The van der Waals surface area contributed by atoms with E-state index in [9.17, 15) is 4.79 Å². The highest BCUT2D eigenvalue weighted by atomic mass is 35.5. The van der Waals surface area contributed by atoms with Gasteiger partial charge in [0, 0.05) is 18.1 Å². The molecule has 2 unspecified atom stereocenters. The molecule has 2 aliphatic carbocycles. The van der Waals surface area contributed by atoms with Crippen LogP contribution in [0.2, 0.25) is 0 Å². The Morgan fingerprint density at radius 1 is 1.47 bits per heavy atom. The Kier molecular flexibility index (Phi) is 2.70. The number of halogens is 1. The van der Waals surface area contributed by atoms with E-state index in [0.29, 0.717) is 5.78 Å². The van der Waals surface area contributed by atoms with Crippen molar-refractivity contribution in [3.8, 4) is 0 Å². The molecule has 0 aromatic rings. The molecule has 90 valence electrons. The van der Waals surface area contributed by atoms with E-state index in [2.05, 4.69) is 4.99 Å². The molecule has 0 amide bonds. The van der Waals surface area contributed by atoms with Crippen molar-refractivity contribution in [2.24, 2.45) is 16.8 Å². The van der Waals surface area contributed by atoms with Crippen molar-refractivity contribution in [1.82, 2.24) is 0 Å². The zero-order valence-corrected chi connectivity index (χ0v) is 10.8. The number of hydrogen-bond donors (Lipinski definition) is 0. The first-order valence-corrected chi connectivity index (χ1v) is 6.70. The second-order valence-electron chi connectivity index (χ2n) is 5.27. The van der Waals surface area contributed by atoms with Gasteiger partial charge in [0.2, 0.25) is 0 Å². The third kappa shape index (κ3) is 1.70. The number of allylic oxidation sites excluding steroid dienone is 3. The highest BCUT2D eigenvalue weighted by Crippen LogP contribution is 2.45. The van der Waals surface area contributed by atoms with Crippen LogP contribution in [0, 0.1) is 11.8 Å². The molecule has 3 rings (SSSR count). The summed E-state index contributed by atoms with van der Waals surface area (Å²) in [4.78, 5) is 16.6. The molecule has 0 aromatic carbocycles. The van der Waals surface area contributed by atoms with E-state index in [1.54, 1.807) is 6.21 Å². The number of hydrogen-bond acceptors (Lipinski definition) is 2. The van der Waals surface area contributed by atoms with E-state index in [4.69, 9.17) is 11.6 Å². The Hall–Kier alpha value is -0.890. The lowest BCUT2D eigenvalue weighted by Gasteiger charge is -2.35. The van der Waals surface area contributed by atoms with Crippen molar-refractivity contribution in [2.75, 3.05) is 6.54 Å². The molecule has 0 saturated heterocycles. The van der Waals surface area contributed by atoms with Crippen LogP contribution in [-0.2, 0) is 4.79 Å². The van der Waals surface area contributed by atoms with Gasteiger partial charge in [-0.1, -0.05) is 18.5 Å². The predicted molar refractivity (Wildman–Crippen MR) is 69.4 cm³/mol. The quantitative estimate of drug-likeness (QED) is 0.648. The minimum absolute atomic E-state index is 0.105. The minimum Gasteiger partial charge on any atom is -0.299 e. The third-order valence-corrected chi connectivity index (χ3v) is 4.46. The Morgan fingerprint density at radius 2 is 2.29 bits per heavy atom. The number of nitrogens with zero attached hydrogens (tertiary/aromatic N) is 1. The van der Waals surface area contributed by atoms with Crippen LogP contribution in [0.5, 0.6) is 0 Å². The van der Waals surface area contributed by atoms with Crippen LogP contribution in [0.1, 0.15) is 32.6 Å². The third-order valence-electron chi connectivity index (χ3n) is 4.13. The van der Waals surface area contributed by atoms with Gasteiger partial charge in [0.05, 0.1) is 11.6 Å². The average molecular weight is 250 g/mol. The Labute approximate surface area is 106 Å². The summed E-state index contributed by atoms with van der Waals surface area (Å²) in [6, 6.07) is 0. The van der Waals surface area contributed by atoms with E-state index >= 15 is 0 Å². The van der Waals surface area contributed by atoms with Gasteiger partial charge in [0.1, 0.15) is 5.78 Å². The molecule has 0 aromatic heterocycles. The van der Waals surface area contributed by atoms with Crippen molar-refractivity contribution in [3.05, 3.63) is 21.8 Å². The molecule has 3 aliphatic rings. The van der Waals surface area contributed by atoms with Gasteiger partial charge in [0.15, 0.2) is 0 Å².